The lowest BCUT2D eigenvalue weighted by atomic mass is 9.92. The predicted octanol–water partition coefficient (Wildman–Crippen LogP) is 4.29. The van der Waals surface area contributed by atoms with Crippen LogP contribution in [0.5, 0.6) is 0 Å². The largest absolute Gasteiger partial charge is 0.355 e. The molecular weight excluding hydrogens is 398 g/mol. The van der Waals surface area contributed by atoms with E-state index in [9.17, 15) is 9.59 Å². The number of piperidine rings is 1. The molecule has 1 atom stereocenters. The number of nitrogens with one attached hydrogen (secondary N) is 2. The van der Waals surface area contributed by atoms with Crippen LogP contribution in [0.2, 0.25) is 0 Å². The fourth-order valence-electron chi connectivity index (χ4n) is 4.66. The number of likely N-dealkylation sites (tertiary alicyclic amines) is 1. The van der Waals surface area contributed by atoms with Crippen molar-refractivity contribution in [2.24, 2.45) is 5.92 Å². The van der Waals surface area contributed by atoms with Gasteiger partial charge in [0.1, 0.15) is 0 Å². The van der Waals surface area contributed by atoms with Gasteiger partial charge in [-0.2, -0.15) is 0 Å². The van der Waals surface area contributed by atoms with Crippen molar-refractivity contribution in [1.82, 2.24) is 15.5 Å². The molecule has 1 heterocycles. The molecule has 3 aromatic carbocycles. The summed E-state index contributed by atoms with van der Waals surface area (Å²) < 4.78 is 0. The molecule has 0 radical (unpaired) electrons. The minimum atomic E-state index is -0.120. The SMILES string of the molecule is CNC(=O)c1cccc(CNC(=O)C2CCN([C@H](C)c3cccc4ccccc34)CC2)c1. The van der Waals surface area contributed by atoms with E-state index in [1.165, 1.54) is 16.3 Å². The Kier molecular flexibility index (Phi) is 6.86. The summed E-state index contributed by atoms with van der Waals surface area (Å²) in [4.78, 5) is 27.1. The number of hydrogen-bond acceptors (Lipinski definition) is 3. The van der Waals surface area contributed by atoms with E-state index in [1.807, 2.05) is 18.2 Å². The summed E-state index contributed by atoms with van der Waals surface area (Å²) in [6.07, 6.45) is 1.72. The molecule has 166 valence electrons. The molecule has 5 nitrogen and oxygen atoms in total. The van der Waals surface area contributed by atoms with Crippen molar-refractivity contribution in [2.75, 3.05) is 20.1 Å². The van der Waals surface area contributed by atoms with Crippen molar-refractivity contribution >= 4 is 22.6 Å². The van der Waals surface area contributed by atoms with Crippen LogP contribution in [0.1, 0.15) is 47.3 Å². The predicted molar refractivity (Wildman–Crippen MR) is 128 cm³/mol. The Morgan fingerprint density at radius 2 is 1.72 bits per heavy atom. The first kappa shape index (κ1) is 22.0. The highest BCUT2D eigenvalue weighted by molar-refractivity contribution is 5.94. The first-order chi connectivity index (χ1) is 15.6. The number of amides is 2. The van der Waals surface area contributed by atoms with Gasteiger partial charge in [-0.3, -0.25) is 14.5 Å². The van der Waals surface area contributed by atoms with E-state index < -0.39 is 0 Å². The van der Waals surface area contributed by atoms with Gasteiger partial charge in [0.25, 0.3) is 5.91 Å². The van der Waals surface area contributed by atoms with E-state index >= 15 is 0 Å². The summed E-state index contributed by atoms with van der Waals surface area (Å²) >= 11 is 0. The van der Waals surface area contributed by atoms with E-state index in [2.05, 4.69) is 64.9 Å². The van der Waals surface area contributed by atoms with Crippen molar-refractivity contribution in [3.63, 3.8) is 0 Å². The number of fused-ring (bicyclic) bond motifs is 1. The van der Waals surface area contributed by atoms with Crippen molar-refractivity contribution in [2.45, 2.75) is 32.4 Å². The number of carbonyl (C=O) groups excluding carboxylic acids is 2. The molecule has 0 aromatic heterocycles. The third-order valence-corrected chi connectivity index (χ3v) is 6.60. The molecule has 0 spiro atoms. The summed E-state index contributed by atoms with van der Waals surface area (Å²) in [5.41, 5.74) is 2.89. The van der Waals surface area contributed by atoms with Crippen LogP contribution in [-0.2, 0) is 11.3 Å². The van der Waals surface area contributed by atoms with Crippen LogP contribution >= 0.6 is 0 Å². The number of nitrogens with zero attached hydrogens (tertiary/aromatic N) is 1. The lowest BCUT2D eigenvalue weighted by Gasteiger charge is -2.36. The molecule has 1 saturated heterocycles. The number of benzene rings is 3. The second-order valence-electron chi connectivity index (χ2n) is 8.55. The maximum atomic E-state index is 12.8. The maximum absolute atomic E-state index is 12.8. The number of rotatable bonds is 6. The summed E-state index contributed by atoms with van der Waals surface area (Å²) in [7, 11) is 1.62. The third-order valence-electron chi connectivity index (χ3n) is 6.60. The van der Waals surface area contributed by atoms with Crippen LogP contribution in [0.3, 0.4) is 0 Å². The topological polar surface area (TPSA) is 61.4 Å². The fourth-order valence-corrected chi connectivity index (χ4v) is 4.66. The van der Waals surface area contributed by atoms with E-state index in [-0.39, 0.29) is 17.7 Å². The molecule has 0 unspecified atom stereocenters. The van der Waals surface area contributed by atoms with Gasteiger partial charge in [0, 0.05) is 31.1 Å². The molecule has 0 bridgehead atoms. The Morgan fingerprint density at radius 3 is 2.50 bits per heavy atom. The lowest BCUT2D eigenvalue weighted by molar-refractivity contribution is -0.126. The molecule has 0 saturated carbocycles. The van der Waals surface area contributed by atoms with Gasteiger partial charge in [-0.25, -0.2) is 0 Å². The Morgan fingerprint density at radius 1 is 1.00 bits per heavy atom. The first-order valence-corrected chi connectivity index (χ1v) is 11.4. The van der Waals surface area contributed by atoms with Crippen LogP contribution in [0, 0.1) is 5.92 Å². The van der Waals surface area contributed by atoms with Gasteiger partial charge in [-0.05, 0) is 66.9 Å². The molecule has 3 aromatic rings. The highest BCUT2D eigenvalue weighted by atomic mass is 16.2. The second kappa shape index (κ2) is 9.96. The normalized spacial score (nSPS) is 15.9. The molecule has 1 fully saturated rings. The number of carbonyl (C=O) groups is 2. The highest BCUT2D eigenvalue weighted by Gasteiger charge is 2.28. The molecule has 0 aliphatic carbocycles. The Labute approximate surface area is 189 Å². The van der Waals surface area contributed by atoms with Crippen LogP contribution in [-0.4, -0.2) is 36.9 Å². The van der Waals surface area contributed by atoms with E-state index in [4.69, 9.17) is 0 Å². The van der Waals surface area contributed by atoms with Gasteiger partial charge in [0.2, 0.25) is 5.91 Å². The first-order valence-electron chi connectivity index (χ1n) is 11.4. The van der Waals surface area contributed by atoms with E-state index in [0.717, 1.165) is 31.5 Å². The highest BCUT2D eigenvalue weighted by Crippen LogP contribution is 2.31. The Hall–Kier alpha value is -3.18. The smallest absolute Gasteiger partial charge is 0.251 e. The summed E-state index contributed by atoms with van der Waals surface area (Å²) in [6, 6.07) is 22.7. The minimum absolute atomic E-state index is 0.0353. The van der Waals surface area contributed by atoms with Crippen LogP contribution in [0.25, 0.3) is 10.8 Å². The Bertz CT molecular complexity index is 1100. The second-order valence-corrected chi connectivity index (χ2v) is 8.55. The number of hydrogen-bond donors (Lipinski definition) is 2. The summed E-state index contributed by atoms with van der Waals surface area (Å²) in [5.74, 6) is 0.0202. The van der Waals surface area contributed by atoms with Gasteiger partial charge < -0.3 is 10.6 Å². The average molecular weight is 430 g/mol. The zero-order chi connectivity index (χ0) is 22.5. The van der Waals surface area contributed by atoms with E-state index in [1.54, 1.807) is 13.1 Å². The molecule has 4 rings (SSSR count). The molecule has 1 aliphatic heterocycles. The van der Waals surface area contributed by atoms with Crippen LogP contribution < -0.4 is 10.6 Å². The van der Waals surface area contributed by atoms with E-state index in [0.29, 0.717) is 18.2 Å². The van der Waals surface area contributed by atoms with Crippen LogP contribution in [0.4, 0.5) is 0 Å². The van der Waals surface area contributed by atoms with Gasteiger partial charge >= 0.3 is 0 Å². The fraction of sp³-hybridized carbons (Fsp3) is 0.333. The van der Waals surface area contributed by atoms with Gasteiger partial charge in [-0.1, -0.05) is 54.6 Å². The molecule has 5 heteroatoms. The lowest BCUT2D eigenvalue weighted by Crippen LogP contribution is -2.41. The summed E-state index contributed by atoms with van der Waals surface area (Å²) in [6.45, 7) is 4.53. The molecule has 2 N–H and O–H groups in total. The average Bonchev–Trinajstić information content (AvgIpc) is 2.86. The Balaban J connectivity index is 1.32. The monoisotopic (exact) mass is 429 g/mol. The molecule has 32 heavy (non-hydrogen) atoms. The molecule has 2 amide bonds. The van der Waals surface area contributed by atoms with Crippen molar-refractivity contribution in [3.8, 4) is 0 Å². The van der Waals surface area contributed by atoms with Crippen molar-refractivity contribution in [1.29, 1.82) is 0 Å². The zero-order valence-electron chi connectivity index (χ0n) is 18.8. The maximum Gasteiger partial charge on any atom is 0.251 e. The minimum Gasteiger partial charge on any atom is -0.355 e. The molecular formula is C27H31N3O2. The van der Waals surface area contributed by atoms with Gasteiger partial charge in [0.15, 0.2) is 0 Å². The van der Waals surface area contributed by atoms with Crippen molar-refractivity contribution in [3.05, 3.63) is 83.4 Å². The molecule has 1 aliphatic rings. The quantitative estimate of drug-likeness (QED) is 0.615. The third kappa shape index (κ3) is 4.83. The van der Waals surface area contributed by atoms with Gasteiger partial charge in [-0.15, -0.1) is 0 Å². The zero-order valence-corrected chi connectivity index (χ0v) is 18.8. The van der Waals surface area contributed by atoms with Crippen molar-refractivity contribution < 1.29 is 9.59 Å². The summed E-state index contributed by atoms with van der Waals surface area (Å²) in [5, 5.41) is 8.27. The van der Waals surface area contributed by atoms with Crippen LogP contribution in [0.15, 0.2) is 66.7 Å². The standard InChI is InChI=1S/C27H31N3O2/c1-19(24-12-6-9-21-8-3-4-11-25(21)24)30-15-13-22(14-16-30)27(32)29-18-20-7-5-10-23(17-20)26(31)28-2/h3-12,17,19,22H,13-16,18H2,1-2H3,(H,28,31)(H,29,32)/t19-/m1/s1. The van der Waals surface area contributed by atoms with Gasteiger partial charge in [0.05, 0.1) is 0 Å².